The molecule has 3 aliphatic rings. The van der Waals surface area contributed by atoms with Crippen molar-refractivity contribution in [3.63, 3.8) is 0 Å². The Kier molecular flexibility index (Phi) is 5.77. The van der Waals surface area contributed by atoms with Gasteiger partial charge in [0.1, 0.15) is 22.6 Å². The third-order valence-electron chi connectivity index (χ3n) is 6.80. The third kappa shape index (κ3) is 4.42. The third-order valence-corrected chi connectivity index (χ3v) is 7.27. The second-order valence-corrected chi connectivity index (χ2v) is 10.0. The first-order valence-electron chi connectivity index (χ1n) is 10.6. The van der Waals surface area contributed by atoms with Crippen molar-refractivity contribution in [3.8, 4) is 5.75 Å². The molecule has 4 nitrogen and oxygen atoms in total. The largest absolute Gasteiger partial charge is 0.490 e. The van der Waals surface area contributed by atoms with Crippen LogP contribution in [0.15, 0.2) is 12.1 Å². The van der Waals surface area contributed by atoms with Gasteiger partial charge in [-0.25, -0.2) is 8.60 Å². The minimum atomic E-state index is -1.52. The number of carbonyl (C=O) groups is 1. The summed E-state index contributed by atoms with van der Waals surface area (Å²) in [6.45, 7) is 0. The van der Waals surface area contributed by atoms with Gasteiger partial charge in [-0.05, 0) is 74.3 Å². The summed E-state index contributed by atoms with van der Waals surface area (Å²) in [4.78, 5) is 12.2. The number of halogens is 1. The Labute approximate surface area is 169 Å². The number of amides is 1. The first-order chi connectivity index (χ1) is 13.5. The van der Waals surface area contributed by atoms with Crippen LogP contribution in [-0.4, -0.2) is 22.5 Å². The minimum Gasteiger partial charge on any atom is -0.490 e. The number of rotatable bonds is 5. The summed E-state index contributed by atoms with van der Waals surface area (Å²) in [5.41, 5.74) is 1.40. The highest BCUT2D eigenvalue weighted by molar-refractivity contribution is 7.82. The average molecular weight is 408 g/mol. The van der Waals surface area contributed by atoms with Gasteiger partial charge in [-0.2, -0.15) is 0 Å². The van der Waals surface area contributed by atoms with Gasteiger partial charge in [0, 0.05) is 12.3 Å². The Balaban J connectivity index is 1.48. The molecule has 1 amide bonds. The number of hydrogen-bond acceptors (Lipinski definition) is 3. The van der Waals surface area contributed by atoms with Crippen LogP contribution in [0.25, 0.3) is 0 Å². The van der Waals surface area contributed by atoms with E-state index in [9.17, 15) is 13.4 Å². The lowest BCUT2D eigenvalue weighted by Crippen LogP contribution is -2.34. The molecule has 0 saturated heterocycles. The highest BCUT2D eigenvalue weighted by Gasteiger charge is 2.37. The lowest BCUT2D eigenvalue weighted by Gasteiger charge is -2.43. The molecule has 3 aliphatic carbocycles. The molecule has 0 bridgehead atoms. The predicted octanol–water partition coefficient (Wildman–Crippen LogP) is 5.00. The van der Waals surface area contributed by atoms with E-state index in [1.54, 1.807) is 6.07 Å². The number of nitrogens with one attached hydrogen (secondary N) is 1. The maximum Gasteiger partial charge on any atom is 0.265 e. The lowest BCUT2D eigenvalue weighted by molar-refractivity contribution is 0.0517. The first-order valence-corrected chi connectivity index (χ1v) is 12.2. The van der Waals surface area contributed by atoms with E-state index in [2.05, 4.69) is 4.72 Å². The van der Waals surface area contributed by atoms with Gasteiger partial charge in [-0.3, -0.25) is 9.52 Å². The Hall–Kier alpha value is -1.43. The monoisotopic (exact) mass is 407 g/mol. The highest BCUT2D eigenvalue weighted by atomic mass is 32.2. The van der Waals surface area contributed by atoms with Crippen molar-refractivity contribution in [1.82, 2.24) is 4.72 Å². The maximum atomic E-state index is 14.6. The molecule has 28 heavy (non-hydrogen) atoms. The van der Waals surface area contributed by atoms with Crippen molar-refractivity contribution in [2.24, 2.45) is 5.41 Å². The van der Waals surface area contributed by atoms with E-state index in [0.29, 0.717) is 17.1 Å². The van der Waals surface area contributed by atoms with E-state index < -0.39 is 22.7 Å². The fraction of sp³-hybridized carbons (Fsp3) is 0.682. The van der Waals surface area contributed by atoms with Crippen LogP contribution in [0.5, 0.6) is 5.75 Å². The fourth-order valence-electron chi connectivity index (χ4n) is 5.05. The van der Waals surface area contributed by atoms with Crippen LogP contribution in [0.2, 0.25) is 0 Å². The Morgan fingerprint density at radius 1 is 1.11 bits per heavy atom. The zero-order chi connectivity index (χ0) is 19.7. The van der Waals surface area contributed by atoms with E-state index in [0.717, 1.165) is 31.2 Å². The van der Waals surface area contributed by atoms with Crippen LogP contribution in [0.1, 0.15) is 92.5 Å². The topological polar surface area (TPSA) is 55.4 Å². The first kappa shape index (κ1) is 19.9. The summed E-state index contributed by atoms with van der Waals surface area (Å²) in [7, 11) is -1.52. The molecule has 154 valence electrons. The van der Waals surface area contributed by atoms with E-state index in [-0.39, 0.29) is 11.7 Å². The van der Waals surface area contributed by atoms with Crippen LogP contribution in [0.4, 0.5) is 4.39 Å². The highest BCUT2D eigenvalue weighted by Crippen LogP contribution is 2.49. The van der Waals surface area contributed by atoms with Gasteiger partial charge in [-0.1, -0.05) is 19.3 Å². The summed E-state index contributed by atoms with van der Waals surface area (Å²) < 4.78 is 34.4. The van der Waals surface area contributed by atoms with Gasteiger partial charge in [0.2, 0.25) is 0 Å². The number of ether oxygens (including phenoxy) is 1. The molecule has 0 aromatic heterocycles. The summed E-state index contributed by atoms with van der Waals surface area (Å²) in [6.07, 6.45) is 14.8. The summed E-state index contributed by atoms with van der Waals surface area (Å²) in [6, 6.07) is 2.97. The summed E-state index contributed by atoms with van der Waals surface area (Å²) in [5.74, 6) is -0.313. The molecule has 0 aliphatic heterocycles. The smallest absolute Gasteiger partial charge is 0.265 e. The van der Waals surface area contributed by atoms with Crippen molar-refractivity contribution in [3.05, 3.63) is 29.1 Å². The molecule has 4 rings (SSSR count). The molecule has 0 heterocycles. The van der Waals surface area contributed by atoms with Crippen LogP contribution in [-0.2, 0) is 11.0 Å². The minimum absolute atomic E-state index is 0.0470. The van der Waals surface area contributed by atoms with E-state index in [1.807, 2.05) is 0 Å². The van der Waals surface area contributed by atoms with Gasteiger partial charge in [0.05, 0.1) is 11.7 Å². The predicted molar refractivity (Wildman–Crippen MR) is 108 cm³/mol. The fourth-order valence-corrected chi connectivity index (χ4v) is 5.42. The standard InChI is InChI=1S/C22H30FNO3S/c1-28(26)24-21(25)18-13-17(15-5-6-15)20(14-19(18)23)27-16-7-11-22(12-8-16)9-3-2-4-10-22/h13-16H,2-12H2,1H3,(H,24,25). The second-order valence-electron chi connectivity index (χ2n) is 8.91. The van der Waals surface area contributed by atoms with Crippen LogP contribution >= 0.6 is 0 Å². The van der Waals surface area contributed by atoms with Crippen LogP contribution < -0.4 is 9.46 Å². The van der Waals surface area contributed by atoms with E-state index in [1.165, 1.54) is 57.3 Å². The number of benzene rings is 1. The SMILES string of the molecule is CS(=O)NC(=O)c1cc(C2CC2)c(OC2CCC3(CCCCC3)CC2)cc1F. The van der Waals surface area contributed by atoms with Gasteiger partial charge >= 0.3 is 0 Å². The van der Waals surface area contributed by atoms with Gasteiger partial charge in [0.25, 0.3) is 5.91 Å². The van der Waals surface area contributed by atoms with Gasteiger partial charge in [-0.15, -0.1) is 0 Å². The Morgan fingerprint density at radius 2 is 1.79 bits per heavy atom. The molecular weight excluding hydrogens is 377 g/mol. The average Bonchev–Trinajstić information content (AvgIpc) is 3.49. The van der Waals surface area contributed by atoms with Crippen molar-refractivity contribution in [2.45, 2.75) is 82.7 Å². The molecule has 1 aromatic rings. The Morgan fingerprint density at radius 3 is 2.39 bits per heavy atom. The second kappa shape index (κ2) is 8.13. The molecule has 1 aromatic carbocycles. The molecule has 6 heteroatoms. The van der Waals surface area contributed by atoms with Crippen molar-refractivity contribution >= 4 is 16.9 Å². The molecule has 3 fully saturated rings. The molecule has 1 atom stereocenters. The zero-order valence-corrected chi connectivity index (χ0v) is 17.4. The van der Waals surface area contributed by atoms with Crippen molar-refractivity contribution in [1.29, 1.82) is 0 Å². The molecule has 1 unspecified atom stereocenters. The lowest BCUT2D eigenvalue weighted by atomic mass is 9.65. The van der Waals surface area contributed by atoms with E-state index >= 15 is 0 Å². The summed E-state index contributed by atoms with van der Waals surface area (Å²) in [5, 5.41) is 0. The number of carbonyl (C=O) groups excluding carboxylic acids is 1. The molecule has 3 saturated carbocycles. The number of hydrogen-bond donors (Lipinski definition) is 1. The van der Waals surface area contributed by atoms with Gasteiger partial charge in [0.15, 0.2) is 0 Å². The summed E-state index contributed by atoms with van der Waals surface area (Å²) >= 11 is 0. The molecular formula is C22H30FNO3S. The van der Waals surface area contributed by atoms with E-state index in [4.69, 9.17) is 4.74 Å². The molecule has 1 spiro atoms. The van der Waals surface area contributed by atoms with Crippen LogP contribution in [0, 0.1) is 11.2 Å². The maximum absolute atomic E-state index is 14.6. The van der Waals surface area contributed by atoms with Crippen LogP contribution in [0.3, 0.4) is 0 Å². The van der Waals surface area contributed by atoms with Crippen molar-refractivity contribution in [2.75, 3.05) is 6.26 Å². The molecule has 0 radical (unpaired) electrons. The quantitative estimate of drug-likeness (QED) is 0.747. The van der Waals surface area contributed by atoms with Gasteiger partial charge < -0.3 is 4.74 Å². The zero-order valence-electron chi connectivity index (χ0n) is 16.6. The normalized spacial score (nSPS) is 23.4. The molecule has 1 N–H and O–H groups in total. The Bertz CT molecular complexity index is 761. The van der Waals surface area contributed by atoms with Crippen molar-refractivity contribution < 1.29 is 18.1 Å².